The van der Waals surface area contributed by atoms with E-state index < -0.39 is 11.9 Å². The molecule has 0 radical (unpaired) electrons. The summed E-state index contributed by atoms with van der Waals surface area (Å²) in [6.07, 6.45) is 0. The van der Waals surface area contributed by atoms with E-state index in [1.54, 1.807) is 56.5 Å². The van der Waals surface area contributed by atoms with E-state index in [-0.39, 0.29) is 31.4 Å². The standard InChI is InChI=1S/C26H26ClFN2O4/c1-18(26(32)29-15-20-7-3-5-9-23(20)33-2)30(16-19-11-13-21(28)14-12-19)25(31)17-34-24-10-6-4-8-22(24)27/h3-14,18H,15-17H2,1-2H3,(H,29,32)/t18-/m0/s1. The van der Waals surface area contributed by atoms with Gasteiger partial charge in [0.25, 0.3) is 5.91 Å². The van der Waals surface area contributed by atoms with Crippen LogP contribution < -0.4 is 14.8 Å². The Kier molecular flexibility index (Phi) is 8.87. The largest absolute Gasteiger partial charge is 0.496 e. The smallest absolute Gasteiger partial charge is 0.261 e. The fourth-order valence-electron chi connectivity index (χ4n) is 3.33. The van der Waals surface area contributed by atoms with Crippen LogP contribution in [0.2, 0.25) is 5.02 Å². The maximum Gasteiger partial charge on any atom is 0.261 e. The average molecular weight is 485 g/mol. The number of carbonyl (C=O) groups is 2. The molecule has 8 heteroatoms. The molecule has 178 valence electrons. The molecule has 0 aromatic heterocycles. The van der Waals surface area contributed by atoms with Crippen LogP contribution in [0.15, 0.2) is 72.8 Å². The molecule has 0 spiro atoms. The Morgan fingerprint density at radius 3 is 2.32 bits per heavy atom. The lowest BCUT2D eigenvalue weighted by atomic mass is 10.1. The highest BCUT2D eigenvalue weighted by atomic mass is 35.5. The van der Waals surface area contributed by atoms with Gasteiger partial charge in [0.05, 0.1) is 12.1 Å². The zero-order chi connectivity index (χ0) is 24.5. The van der Waals surface area contributed by atoms with Crippen molar-refractivity contribution >= 4 is 23.4 Å². The number of nitrogens with one attached hydrogen (secondary N) is 1. The van der Waals surface area contributed by atoms with E-state index in [2.05, 4.69) is 5.32 Å². The van der Waals surface area contributed by atoms with Crippen molar-refractivity contribution in [3.63, 3.8) is 0 Å². The van der Waals surface area contributed by atoms with Crippen molar-refractivity contribution in [2.75, 3.05) is 13.7 Å². The minimum Gasteiger partial charge on any atom is -0.496 e. The Balaban J connectivity index is 1.72. The molecule has 3 aromatic rings. The first kappa shape index (κ1) is 25.1. The number of ether oxygens (including phenoxy) is 2. The van der Waals surface area contributed by atoms with E-state index in [0.29, 0.717) is 22.1 Å². The zero-order valence-electron chi connectivity index (χ0n) is 19.0. The summed E-state index contributed by atoms with van der Waals surface area (Å²) in [5, 5.41) is 3.23. The van der Waals surface area contributed by atoms with E-state index in [4.69, 9.17) is 21.1 Å². The fourth-order valence-corrected chi connectivity index (χ4v) is 3.52. The van der Waals surface area contributed by atoms with Gasteiger partial charge in [0.1, 0.15) is 23.4 Å². The minimum absolute atomic E-state index is 0.105. The van der Waals surface area contributed by atoms with E-state index in [1.807, 2.05) is 18.2 Å². The van der Waals surface area contributed by atoms with E-state index in [1.165, 1.54) is 17.0 Å². The maximum absolute atomic E-state index is 13.4. The monoisotopic (exact) mass is 484 g/mol. The third-order valence-electron chi connectivity index (χ3n) is 5.27. The summed E-state index contributed by atoms with van der Waals surface area (Å²) in [6, 6.07) is 19.1. The molecule has 6 nitrogen and oxygen atoms in total. The molecule has 1 N–H and O–H groups in total. The molecule has 3 aromatic carbocycles. The quantitative estimate of drug-likeness (QED) is 0.456. The van der Waals surface area contributed by atoms with Crippen LogP contribution in [-0.4, -0.2) is 36.5 Å². The predicted molar refractivity (Wildman–Crippen MR) is 128 cm³/mol. The second-order valence-electron chi connectivity index (χ2n) is 7.57. The number of amides is 2. The Labute approximate surface area is 203 Å². The van der Waals surface area contributed by atoms with Gasteiger partial charge in [0, 0.05) is 18.7 Å². The van der Waals surface area contributed by atoms with Gasteiger partial charge in [-0.2, -0.15) is 0 Å². The van der Waals surface area contributed by atoms with Gasteiger partial charge in [0.15, 0.2) is 6.61 Å². The summed E-state index contributed by atoms with van der Waals surface area (Å²) in [4.78, 5) is 27.5. The number of carbonyl (C=O) groups excluding carboxylic acids is 2. The van der Waals surface area contributed by atoms with Crippen molar-refractivity contribution in [1.82, 2.24) is 10.2 Å². The zero-order valence-corrected chi connectivity index (χ0v) is 19.7. The highest BCUT2D eigenvalue weighted by Crippen LogP contribution is 2.23. The van der Waals surface area contributed by atoms with Crippen LogP contribution in [0, 0.1) is 5.82 Å². The number of nitrogens with zero attached hydrogens (tertiary/aromatic N) is 1. The third-order valence-corrected chi connectivity index (χ3v) is 5.58. The van der Waals surface area contributed by atoms with Gasteiger partial charge < -0.3 is 19.7 Å². The van der Waals surface area contributed by atoms with Crippen molar-refractivity contribution in [1.29, 1.82) is 0 Å². The van der Waals surface area contributed by atoms with E-state index in [0.717, 1.165) is 5.56 Å². The molecule has 0 bridgehead atoms. The van der Waals surface area contributed by atoms with Crippen molar-refractivity contribution in [2.45, 2.75) is 26.1 Å². The number of hydrogen-bond donors (Lipinski definition) is 1. The molecule has 34 heavy (non-hydrogen) atoms. The van der Waals surface area contributed by atoms with Crippen molar-refractivity contribution < 1.29 is 23.5 Å². The lowest BCUT2D eigenvalue weighted by molar-refractivity contribution is -0.142. The van der Waals surface area contributed by atoms with Crippen LogP contribution in [0.1, 0.15) is 18.1 Å². The Morgan fingerprint density at radius 1 is 1.00 bits per heavy atom. The molecular weight excluding hydrogens is 459 g/mol. The lowest BCUT2D eigenvalue weighted by Gasteiger charge is -2.29. The van der Waals surface area contributed by atoms with Gasteiger partial charge in [0.2, 0.25) is 5.91 Å². The van der Waals surface area contributed by atoms with Crippen molar-refractivity contribution in [3.05, 3.63) is 94.8 Å². The predicted octanol–water partition coefficient (Wildman–Crippen LogP) is 4.60. The minimum atomic E-state index is -0.817. The van der Waals surface area contributed by atoms with Gasteiger partial charge in [-0.1, -0.05) is 54.1 Å². The maximum atomic E-state index is 13.4. The molecule has 0 heterocycles. The molecule has 0 saturated carbocycles. The normalized spacial score (nSPS) is 11.4. The molecule has 3 rings (SSSR count). The van der Waals surface area contributed by atoms with Gasteiger partial charge in [-0.3, -0.25) is 9.59 Å². The molecule has 0 aliphatic carbocycles. The summed E-state index contributed by atoms with van der Waals surface area (Å²) in [5.74, 6) is -0.120. The third kappa shape index (κ3) is 6.71. The number of hydrogen-bond acceptors (Lipinski definition) is 4. The second-order valence-corrected chi connectivity index (χ2v) is 7.98. The Morgan fingerprint density at radius 2 is 1.65 bits per heavy atom. The van der Waals surface area contributed by atoms with E-state index >= 15 is 0 Å². The summed E-state index contributed by atoms with van der Waals surface area (Å²) in [7, 11) is 1.56. The second kappa shape index (κ2) is 12.0. The Hall–Kier alpha value is -3.58. The Bertz CT molecular complexity index is 1120. The number of methoxy groups -OCH3 is 1. The first-order valence-electron chi connectivity index (χ1n) is 10.7. The molecule has 0 saturated heterocycles. The fraction of sp³-hybridized carbons (Fsp3) is 0.231. The van der Waals surface area contributed by atoms with Crippen molar-refractivity contribution in [3.8, 4) is 11.5 Å². The molecule has 0 unspecified atom stereocenters. The first-order chi connectivity index (χ1) is 16.4. The topological polar surface area (TPSA) is 67.9 Å². The van der Waals surface area contributed by atoms with Crippen molar-refractivity contribution in [2.24, 2.45) is 0 Å². The number of rotatable bonds is 10. The van der Waals surface area contributed by atoms with E-state index in [9.17, 15) is 14.0 Å². The summed E-state index contributed by atoms with van der Waals surface area (Å²) < 4.78 is 24.3. The molecule has 1 atom stereocenters. The van der Waals surface area contributed by atoms with Gasteiger partial charge >= 0.3 is 0 Å². The highest BCUT2D eigenvalue weighted by Gasteiger charge is 2.27. The lowest BCUT2D eigenvalue weighted by Crippen LogP contribution is -2.48. The SMILES string of the molecule is COc1ccccc1CNC(=O)[C@H](C)N(Cc1ccc(F)cc1)C(=O)COc1ccccc1Cl. The van der Waals surface area contributed by atoms with Crippen LogP contribution in [0.5, 0.6) is 11.5 Å². The molecule has 0 fully saturated rings. The highest BCUT2D eigenvalue weighted by molar-refractivity contribution is 6.32. The summed E-state index contributed by atoms with van der Waals surface area (Å²) in [5.41, 5.74) is 1.49. The van der Waals surface area contributed by atoms with Crippen LogP contribution >= 0.6 is 11.6 Å². The van der Waals surface area contributed by atoms with Crippen LogP contribution in [0.25, 0.3) is 0 Å². The number of halogens is 2. The summed E-state index contributed by atoms with van der Waals surface area (Å²) >= 11 is 6.11. The molecule has 0 aliphatic rings. The van der Waals surface area contributed by atoms with Gasteiger partial charge in [-0.15, -0.1) is 0 Å². The van der Waals surface area contributed by atoms with Crippen LogP contribution in [0.4, 0.5) is 4.39 Å². The molecular formula is C26H26ClFN2O4. The van der Waals surface area contributed by atoms with Crippen LogP contribution in [-0.2, 0) is 22.7 Å². The average Bonchev–Trinajstić information content (AvgIpc) is 2.86. The summed E-state index contributed by atoms with van der Waals surface area (Å²) in [6.45, 7) is 1.67. The van der Waals surface area contributed by atoms with Crippen LogP contribution in [0.3, 0.4) is 0 Å². The van der Waals surface area contributed by atoms with Gasteiger partial charge in [-0.05, 0) is 42.8 Å². The first-order valence-corrected chi connectivity index (χ1v) is 11.1. The number of benzene rings is 3. The van der Waals surface area contributed by atoms with Gasteiger partial charge in [-0.25, -0.2) is 4.39 Å². The molecule has 0 aliphatic heterocycles. The molecule has 2 amide bonds. The number of para-hydroxylation sites is 2.